The molecule has 0 radical (unpaired) electrons. The molecule has 4 heteroatoms. The molecule has 3 aliphatic rings. The van der Waals surface area contributed by atoms with Gasteiger partial charge in [-0.2, -0.15) is 0 Å². The normalized spacial score (nSPS) is 35.4. The van der Waals surface area contributed by atoms with Crippen LogP contribution in [0.4, 0.5) is 0 Å². The first-order valence-corrected chi connectivity index (χ1v) is 6.99. The molecular formula is C14H26Cl2N2. The average Bonchev–Trinajstić information content (AvgIpc) is 2.54. The first-order valence-electron chi connectivity index (χ1n) is 6.99. The lowest BCUT2D eigenvalue weighted by atomic mass is 9.92. The van der Waals surface area contributed by atoms with Crippen LogP contribution in [0.5, 0.6) is 0 Å². The summed E-state index contributed by atoms with van der Waals surface area (Å²) in [5.74, 6) is 1.59. The number of likely N-dealkylation sites (tertiary alicyclic amines) is 1. The number of hydrogen-bond donors (Lipinski definition) is 1. The standard InChI is InChI=1S/C14H24N2.2ClH/c15-14-12-6-7-13(14)10-16(9-12)8-11-4-2-1-3-5-11;;/h4,12-14H,1-3,5-10,15H2;2*1H/t12-,13+,14?;;. The summed E-state index contributed by atoms with van der Waals surface area (Å²) in [6.07, 6.45) is 10.7. The molecule has 3 atom stereocenters. The number of fused-ring (bicyclic) bond motifs is 2. The van der Waals surface area contributed by atoms with Crippen LogP contribution in [0, 0.1) is 11.8 Å². The van der Waals surface area contributed by atoms with Crippen LogP contribution in [-0.2, 0) is 0 Å². The van der Waals surface area contributed by atoms with E-state index < -0.39 is 0 Å². The molecule has 1 aliphatic heterocycles. The molecule has 1 saturated carbocycles. The van der Waals surface area contributed by atoms with Crippen molar-refractivity contribution in [3.63, 3.8) is 0 Å². The fourth-order valence-corrected chi connectivity index (χ4v) is 3.83. The largest absolute Gasteiger partial charge is 0.327 e. The van der Waals surface area contributed by atoms with Crippen molar-refractivity contribution in [2.75, 3.05) is 19.6 Å². The minimum absolute atomic E-state index is 0. The Balaban J connectivity index is 0.000000810. The van der Waals surface area contributed by atoms with Crippen LogP contribution >= 0.6 is 24.8 Å². The molecule has 1 unspecified atom stereocenters. The Morgan fingerprint density at radius 3 is 2.33 bits per heavy atom. The number of nitrogens with zero attached hydrogens (tertiary/aromatic N) is 1. The van der Waals surface area contributed by atoms with Crippen LogP contribution in [0.2, 0.25) is 0 Å². The SMILES string of the molecule is Cl.Cl.NC1[C@@H]2CC[C@H]1CN(CC1=CCCCC1)C2. The van der Waals surface area contributed by atoms with Crippen molar-refractivity contribution >= 4 is 24.8 Å². The number of nitrogens with two attached hydrogens (primary N) is 1. The van der Waals surface area contributed by atoms with Crippen molar-refractivity contribution in [3.8, 4) is 0 Å². The molecule has 0 spiro atoms. The van der Waals surface area contributed by atoms with Gasteiger partial charge < -0.3 is 5.73 Å². The summed E-state index contributed by atoms with van der Waals surface area (Å²) >= 11 is 0. The first-order chi connectivity index (χ1) is 7.83. The predicted octanol–water partition coefficient (Wildman–Crippen LogP) is 3.00. The van der Waals surface area contributed by atoms with Gasteiger partial charge in [-0.3, -0.25) is 4.90 Å². The molecule has 106 valence electrons. The summed E-state index contributed by atoms with van der Waals surface area (Å²) < 4.78 is 0. The molecule has 2 bridgehead atoms. The fourth-order valence-electron chi connectivity index (χ4n) is 3.83. The van der Waals surface area contributed by atoms with E-state index in [1.807, 2.05) is 0 Å². The molecule has 2 nitrogen and oxygen atoms in total. The summed E-state index contributed by atoms with van der Waals surface area (Å²) in [5, 5.41) is 0. The molecule has 0 aromatic rings. The molecule has 2 aliphatic carbocycles. The topological polar surface area (TPSA) is 29.3 Å². The van der Waals surface area contributed by atoms with E-state index in [0.29, 0.717) is 6.04 Å². The monoisotopic (exact) mass is 292 g/mol. The third-order valence-corrected chi connectivity index (χ3v) is 4.79. The Kier molecular flexibility index (Phi) is 6.46. The van der Waals surface area contributed by atoms with Crippen LogP contribution in [0.3, 0.4) is 0 Å². The minimum Gasteiger partial charge on any atom is -0.327 e. The average molecular weight is 293 g/mol. The van der Waals surface area contributed by atoms with Crippen LogP contribution in [-0.4, -0.2) is 30.6 Å². The van der Waals surface area contributed by atoms with Gasteiger partial charge in [0.1, 0.15) is 0 Å². The quantitative estimate of drug-likeness (QED) is 0.793. The van der Waals surface area contributed by atoms with Crippen LogP contribution < -0.4 is 5.73 Å². The van der Waals surface area contributed by atoms with Crippen molar-refractivity contribution in [1.82, 2.24) is 4.90 Å². The summed E-state index contributed by atoms with van der Waals surface area (Å²) in [5.41, 5.74) is 7.93. The highest BCUT2D eigenvalue weighted by Crippen LogP contribution is 2.36. The minimum atomic E-state index is 0. The molecular weight excluding hydrogens is 267 g/mol. The molecule has 3 rings (SSSR count). The van der Waals surface area contributed by atoms with Crippen molar-refractivity contribution < 1.29 is 0 Å². The van der Waals surface area contributed by atoms with Gasteiger partial charge in [0.2, 0.25) is 0 Å². The van der Waals surface area contributed by atoms with Crippen LogP contribution in [0.15, 0.2) is 11.6 Å². The highest BCUT2D eigenvalue weighted by molar-refractivity contribution is 5.85. The maximum absolute atomic E-state index is 6.24. The zero-order valence-corrected chi connectivity index (χ0v) is 12.6. The summed E-state index contributed by atoms with van der Waals surface area (Å²) in [4.78, 5) is 2.67. The second-order valence-corrected chi connectivity index (χ2v) is 5.98. The van der Waals surface area contributed by atoms with Crippen molar-refractivity contribution in [2.45, 2.75) is 44.6 Å². The van der Waals surface area contributed by atoms with Gasteiger partial charge in [0.15, 0.2) is 0 Å². The predicted molar refractivity (Wildman–Crippen MR) is 81.7 cm³/mol. The van der Waals surface area contributed by atoms with E-state index in [2.05, 4.69) is 11.0 Å². The second kappa shape index (κ2) is 7.14. The lowest BCUT2D eigenvalue weighted by Crippen LogP contribution is -2.49. The van der Waals surface area contributed by atoms with Gasteiger partial charge in [-0.15, -0.1) is 24.8 Å². The van der Waals surface area contributed by atoms with Crippen molar-refractivity contribution in [2.24, 2.45) is 17.6 Å². The molecule has 2 fully saturated rings. The van der Waals surface area contributed by atoms with E-state index in [1.54, 1.807) is 5.57 Å². The van der Waals surface area contributed by atoms with E-state index in [9.17, 15) is 0 Å². The van der Waals surface area contributed by atoms with E-state index in [1.165, 1.54) is 58.2 Å². The molecule has 1 saturated heterocycles. The first kappa shape index (κ1) is 16.3. The fraction of sp³-hybridized carbons (Fsp3) is 0.857. The highest BCUT2D eigenvalue weighted by Gasteiger charge is 2.39. The molecule has 18 heavy (non-hydrogen) atoms. The third-order valence-electron chi connectivity index (χ3n) is 4.79. The van der Waals surface area contributed by atoms with E-state index in [-0.39, 0.29) is 24.8 Å². The number of hydrogen-bond acceptors (Lipinski definition) is 2. The van der Waals surface area contributed by atoms with E-state index in [0.717, 1.165) is 11.8 Å². The summed E-state index contributed by atoms with van der Waals surface area (Å²) in [6, 6.07) is 0.511. The lowest BCUT2D eigenvalue weighted by molar-refractivity contribution is 0.157. The second-order valence-electron chi connectivity index (χ2n) is 5.98. The molecule has 0 aromatic heterocycles. The molecule has 1 heterocycles. The lowest BCUT2D eigenvalue weighted by Gasteiger charge is -2.37. The number of rotatable bonds is 2. The number of allylic oxidation sites excluding steroid dienone is 1. The number of halogens is 2. The van der Waals surface area contributed by atoms with Crippen molar-refractivity contribution in [3.05, 3.63) is 11.6 Å². The molecule has 2 N–H and O–H groups in total. The Bertz CT molecular complexity index is 280. The van der Waals surface area contributed by atoms with Crippen LogP contribution in [0.1, 0.15) is 38.5 Å². The van der Waals surface area contributed by atoms with Gasteiger partial charge in [-0.05, 0) is 50.4 Å². The Labute approximate surface area is 123 Å². The van der Waals surface area contributed by atoms with E-state index >= 15 is 0 Å². The molecule has 0 aromatic carbocycles. The van der Waals surface area contributed by atoms with Crippen LogP contribution in [0.25, 0.3) is 0 Å². The zero-order valence-electron chi connectivity index (χ0n) is 11.0. The summed E-state index contributed by atoms with van der Waals surface area (Å²) in [7, 11) is 0. The van der Waals surface area contributed by atoms with Gasteiger partial charge in [0, 0.05) is 25.7 Å². The highest BCUT2D eigenvalue weighted by atomic mass is 35.5. The Morgan fingerprint density at radius 2 is 1.78 bits per heavy atom. The third kappa shape index (κ3) is 3.41. The van der Waals surface area contributed by atoms with Gasteiger partial charge in [0.05, 0.1) is 0 Å². The van der Waals surface area contributed by atoms with Crippen molar-refractivity contribution in [1.29, 1.82) is 0 Å². The van der Waals surface area contributed by atoms with Gasteiger partial charge in [-0.1, -0.05) is 11.6 Å². The Hall–Kier alpha value is 0.240. The van der Waals surface area contributed by atoms with Gasteiger partial charge in [0.25, 0.3) is 0 Å². The number of piperidine rings is 1. The van der Waals surface area contributed by atoms with Gasteiger partial charge in [-0.25, -0.2) is 0 Å². The Morgan fingerprint density at radius 1 is 1.11 bits per heavy atom. The van der Waals surface area contributed by atoms with E-state index in [4.69, 9.17) is 5.73 Å². The molecule has 0 amide bonds. The van der Waals surface area contributed by atoms with Gasteiger partial charge >= 0.3 is 0 Å². The summed E-state index contributed by atoms with van der Waals surface area (Å²) in [6.45, 7) is 3.75. The zero-order chi connectivity index (χ0) is 11.0. The maximum atomic E-state index is 6.24. The smallest absolute Gasteiger partial charge is 0.0193 e. The maximum Gasteiger partial charge on any atom is 0.0193 e.